The Morgan fingerprint density at radius 3 is 2.23 bits per heavy atom. The van der Waals surface area contributed by atoms with E-state index in [-0.39, 0.29) is 17.4 Å². The lowest BCUT2D eigenvalue weighted by Crippen LogP contribution is -2.10. The molecule has 4 aromatic rings. The summed E-state index contributed by atoms with van der Waals surface area (Å²) in [5.74, 6) is 0.0935. The number of ketones is 1. The van der Waals surface area contributed by atoms with Crippen molar-refractivity contribution in [2.75, 3.05) is 11.1 Å². The highest BCUT2D eigenvalue weighted by molar-refractivity contribution is 7.99. The molecule has 0 aliphatic rings. The number of carbonyl (C=O) groups is 2. The Kier molecular flexibility index (Phi) is 6.86. The van der Waals surface area contributed by atoms with Gasteiger partial charge < -0.3 is 5.32 Å². The van der Waals surface area contributed by atoms with Crippen LogP contribution in [0.5, 0.6) is 0 Å². The molecule has 4 rings (SSSR count). The first-order chi connectivity index (χ1) is 15.1. The number of benzene rings is 1. The molecule has 31 heavy (non-hydrogen) atoms. The molecule has 0 aliphatic heterocycles. The van der Waals surface area contributed by atoms with Gasteiger partial charge in [-0.1, -0.05) is 18.7 Å². The van der Waals surface area contributed by atoms with Crippen LogP contribution in [-0.2, 0) is 4.79 Å². The van der Waals surface area contributed by atoms with Crippen LogP contribution in [0.25, 0.3) is 22.5 Å². The van der Waals surface area contributed by atoms with Crippen molar-refractivity contribution in [3.8, 4) is 22.5 Å². The van der Waals surface area contributed by atoms with Gasteiger partial charge in [0.2, 0.25) is 11.1 Å². The van der Waals surface area contributed by atoms with Crippen LogP contribution in [0.4, 0.5) is 5.69 Å². The Hall–Kier alpha value is -2.88. The Morgan fingerprint density at radius 1 is 0.935 bits per heavy atom. The third-order valence-electron chi connectivity index (χ3n) is 4.40. The molecule has 3 heterocycles. The lowest BCUT2D eigenvalue weighted by Gasteiger charge is -2.07. The van der Waals surface area contributed by atoms with E-state index in [1.54, 1.807) is 53.9 Å². The van der Waals surface area contributed by atoms with Gasteiger partial charge in [-0.25, -0.2) is 4.98 Å². The van der Waals surface area contributed by atoms with Gasteiger partial charge in [-0.15, -0.1) is 10.2 Å². The van der Waals surface area contributed by atoms with E-state index in [0.717, 1.165) is 22.5 Å². The average molecular weight is 467 g/mol. The zero-order valence-electron chi connectivity index (χ0n) is 16.6. The number of amides is 1. The van der Waals surface area contributed by atoms with Crippen LogP contribution in [0.3, 0.4) is 0 Å². The van der Waals surface area contributed by atoms with E-state index >= 15 is 0 Å². The second kappa shape index (κ2) is 9.95. The largest absolute Gasteiger partial charge is 0.326 e. The standard InChI is InChI=1S/C22H18N4O2S3/c1-2-19(28)23-17-5-3-14(4-6-17)18(27)13-31-22-24-20(15-7-9-29-11-15)21(25-26-22)16-8-10-30-12-16/h3-12H,2,13H2,1H3,(H,23,28). The number of thioether (sulfide) groups is 1. The number of thiophene rings is 2. The number of nitrogens with zero attached hydrogens (tertiary/aromatic N) is 3. The maximum absolute atomic E-state index is 12.6. The first kappa shape index (κ1) is 21.4. The summed E-state index contributed by atoms with van der Waals surface area (Å²) >= 11 is 4.45. The second-order valence-electron chi connectivity index (χ2n) is 6.51. The zero-order chi connectivity index (χ0) is 21.6. The van der Waals surface area contributed by atoms with Crippen molar-refractivity contribution < 1.29 is 9.59 Å². The summed E-state index contributed by atoms with van der Waals surface area (Å²) in [6, 6.07) is 10.9. The van der Waals surface area contributed by atoms with E-state index in [2.05, 4.69) is 15.5 Å². The van der Waals surface area contributed by atoms with E-state index in [9.17, 15) is 9.59 Å². The maximum Gasteiger partial charge on any atom is 0.224 e. The van der Waals surface area contributed by atoms with Gasteiger partial charge in [0.05, 0.1) is 5.75 Å². The molecule has 1 aromatic carbocycles. The number of hydrogen-bond acceptors (Lipinski definition) is 8. The van der Waals surface area contributed by atoms with E-state index in [1.165, 1.54) is 11.8 Å². The molecular formula is C22H18N4O2S3. The fourth-order valence-corrected chi connectivity index (χ4v) is 4.73. The van der Waals surface area contributed by atoms with Crippen molar-refractivity contribution in [1.82, 2.24) is 15.2 Å². The van der Waals surface area contributed by atoms with Crippen LogP contribution in [0.1, 0.15) is 23.7 Å². The molecule has 3 aromatic heterocycles. The molecule has 156 valence electrons. The molecule has 1 amide bonds. The van der Waals surface area contributed by atoms with Crippen LogP contribution in [-0.4, -0.2) is 32.6 Å². The highest BCUT2D eigenvalue weighted by atomic mass is 32.2. The highest BCUT2D eigenvalue weighted by Gasteiger charge is 2.16. The Morgan fingerprint density at radius 2 is 1.61 bits per heavy atom. The van der Waals surface area contributed by atoms with Gasteiger partial charge in [-0.2, -0.15) is 22.7 Å². The number of Topliss-reactive ketones (excluding diaryl/α,β-unsaturated/α-hetero) is 1. The van der Waals surface area contributed by atoms with Crippen LogP contribution in [0.2, 0.25) is 0 Å². The predicted molar refractivity (Wildman–Crippen MR) is 127 cm³/mol. The molecule has 0 atom stereocenters. The topological polar surface area (TPSA) is 84.8 Å². The smallest absolute Gasteiger partial charge is 0.224 e. The fourth-order valence-electron chi connectivity index (χ4n) is 2.77. The van der Waals surface area contributed by atoms with Gasteiger partial charge in [-0.05, 0) is 47.2 Å². The van der Waals surface area contributed by atoms with E-state index < -0.39 is 0 Å². The van der Waals surface area contributed by atoms with Crippen LogP contribution >= 0.6 is 34.4 Å². The summed E-state index contributed by atoms with van der Waals surface area (Å²) in [7, 11) is 0. The number of rotatable bonds is 8. The van der Waals surface area contributed by atoms with E-state index in [0.29, 0.717) is 22.8 Å². The molecule has 0 unspecified atom stereocenters. The van der Waals surface area contributed by atoms with Crippen molar-refractivity contribution in [1.29, 1.82) is 0 Å². The van der Waals surface area contributed by atoms with Gasteiger partial charge in [-0.3, -0.25) is 9.59 Å². The predicted octanol–water partition coefficient (Wildman–Crippen LogP) is 5.65. The Bertz CT molecular complexity index is 1170. The first-order valence-electron chi connectivity index (χ1n) is 9.50. The maximum atomic E-state index is 12.6. The van der Waals surface area contributed by atoms with Gasteiger partial charge >= 0.3 is 0 Å². The molecule has 0 saturated carbocycles. The number of anilines is 1. The number of hydrogen-bond donors (Lipinski definition) is 1. The Balaban J connectivity index is 1.48. The summed E-state index contributed by atoms with van der Waals surface area (Å²) in [6.45, 7) is 1.79. The second-order valence-corrected chi connectivity index (χ2v) is 9.01. The first-order valence-corrected chi connectivity index (χ1v) is 12.4. The van der Waals surface area contributed by atoms with Crippen molar-refractivity contribution in [2.24, 2.45) is 0 Å². The van der Waals surface area contributed by atoms with Crippen LogP contribution < -0.4 is 5.32 Å². The van der Waals surface area contributed by atoms with Crippen molar-refractivity contribution in [2.45, 2.75) is 18.5 Å². The van der Waals surface area contributed by atoms with Gasteiger partial charge in [0.25, 0.3) is 0 Å². The molecule has 9 heteroatoms. The SMILES string of the molecule is CCC(=O)Nc1ccc(C(=O)CSc2nnc(-c3ccsc3)c(-c3ccsc3)n2)cc1. The molecule has 0 radical (unpaired) electrons. The molecule has 0 aliphatic carbocycles. The summed E-state index contributed by atoms with van der Waals surface area (Å²) in [5, 5.41) is 19.9. The summed E-state index contributed by atoms with van der Waals surface area (Å²) < 4.78 is 0. The third-order valence-corrected chi connectivity index (χ3v) is 6.60. The quantitative estimate of drug-likeness (QED) is 0.267. The number of carbonyl (C=O) groups excluding carboxylic acids is 2. The summed E-state index contributed by atoms with van der Waals surface area (Å²) in [6.07, 6.45) is 0.407. The monoisotopic (exact) mass is 466 g/mol. The van der Waals surface area contributed by atoms with Crippen molar-refractivity contribution >= 4 is 51.8 Å². The van der Waals surface area contributed by atoms with E-state index in [1.807, 2.05) is 33.7 Å². The minimum atomic E-state index is -0.0633. The van der Waals surface area contributed by atoms with Gasteiger partial charge in [0.15, 0.2) is 5.78 Å². The molecule has 6 nitrogen and oxygen atoms in total. The van der Waals surface area contributed by atoms with Crippen LogP contribution in [0.15, 0.2) is 63.1 Å². The summed E-state index contributed by atoms with van der Waals surface area (Å²) in [5.41, 5.74) is 4.71. The highest BCUT2D eigenvalue weighted by Crippen LogP contribution is 2.32. The summed E-state index contributed by atoms with van der Waals surface area (Å²) in [4.78, 5) is 28.8. The van der Waals surface area contributed by atoms with Crippen molar-refractivity contribution in [3.05, 3.63) is 63.5 Å². The normalized spacial score (nSPS) is 10.7. The van der Waals surface area contributed by atoms with E-state index in [4.69, 9.17) is 4.98 Å². The Labute approximate surface area is 191 Å². The molecule has 0 spiro atoms. The lowest BCUT2D eigenvalue weighted by atomic mass is 10.1. The molecule has 0 saturated heterocycles. The molecule has 0 fully saturated rings. The minimum Gasteiger partial charge on any atom is -0.326 e. The molecule has 1 N–H and O–H groups in total. The lowest BCUT2D eigenvalue weighted by molar-refractivity contribution is -0.115. The van der Waals surface area contributed by atoms with Crippen molar-refractivity contribution in [3.63, 3.8) is 0 Å². The van der Waals surface area contributed by atoms with Crippen LogP contribution in [0, 0.1) is 0 Å². The van der Waals surface area contributed by atoms with Gasteiger partial charge in [0, 0.05) is 39.6 Å². The molecule has 0 bridgehead atoms. The minimum absolute atomic E-state index is 0.0408. The number of nitrogens with one attached hydrogen (secondary N) is 1. The average Bonchev–Trinajstić information content (AvgIpc) is 3.52. The molecular weight excluding hydrogens is 448 g/mol. The van der Waals surface area contributed by atoms with Gasteiger partial charge in [0.1, 0.15) is 11.4 Å². The zero-order valence-corrected chi connectivity index (χ0v) is 19.0. The fraction of sp³-hybridized carbons (Fsp3) is 0.136. The number of aromatic nitrogens is 3. The third kappa shape index (κ3) is 5.25.